The number of Topliss-reactive ketones (excluding diaryl/α,β-unsaturated/α-hetero) is 1. The molecule has 2 aliphatic rings. The van der Waals surface area contributed by atoms with Crippen LogP contribution in [0.5, 0.6) is 11.5 Å². The first-order valence-corrected chi connectivity index (χ1v) is 9.10. The van der Waals surface area contributed by atoms with E-state index in [1.54, 1.807) is 44.6 Å². The maximum absolute atomic E-state index is 12.3. The van der Waals surface area contributed by atoms with E-state index in [-0.39, 0.29) is 34.2 Å². The van der Waals surface area contributed by atoms with Crippen LogP contribution in [0.4, 0.5) is 0 Å². The van der Waals surface area contributed by atoms with Gasteiger partial charge in [-0.1, -0.05) is 18.2 Å². The molecule has 0 atom stereocenters. The van der Waals surface area contributed by atoms with Crippen molar-refractivity contribution >= 4 is 17.6 Å². The van der Waals surface area contributed by atoms with Gasteiger partial charge in [-0.25, -0.2) is 0 Å². The average molecular weight is 444 g/mol. The van der Waals surface area contributed by atoms with Crippen molar-refractivity contribution in [2.45, 2.75) is 6.92 Å². The maximum atomic E-state index is 12.3. The Kier molecular flexibility index (Phi) is 12.4. The molecule has 0 spiro atoms. The molecule has 2 saturated carbocycles. The first-order valence-electron chi connectivity index (χ1n) is 9.10. The summed E-state index contributed by atoms with van der Waals surface area (Å²) in [6.07, 6.45) is 22.0. The molecular formula is C25H24FeO4+2. The summed E-state index contributed by atoms with van der Waals surface area (Å²) in [4.78, 5) is 24.1. The monoisotopic (exact) mass is 444 g/mol. The Bertz CT molecular complexity index is 734. The van der Waals surface area contributed by atoms with Gasteiger partial charge < -0.3 is 9.47 Å². The van der Waals surface area contributed by atoms with Crippen LogP contribution in [0.25, 0.3) is 6.08 Å². The van der Waals surface area contributed by atoms with Crippen LogP contribution in [0.3, 0.4) is 0 Å². The van der Waals surface area contributed by atoms with E-state index in [0.717, 1.165) is 11.5 Å². The van der Waals surface area contributed by atoms with E-state index in [1.165, 1.54) is 13.0 Å². The Morgan fingerprint density at radius 1 is 0.833 bits per heavy atom. The summed E-state index contributed by atoms with van der Waals surface area (Å²) in [6, 6.07) is 5.32. The Morgan fingerprint density at radius 3 is 1.90 bits per heavy atom. The fraction of sp³-hybridized carbons (Fsp3) is 0.120. The molecule has 0 saturated heterocycles. The molecule has 4 nitrogen and oxygen atoms in total. The predicted molar refractivity (Wildman–Crippen MR) is 114 cm³/mol. The summed E-state index contributed by atoms with van der Waals surface area (Å²) >= 11 is 0. The molecule has 30 heavy (non-hydrogen) atoms. The molecule has 3 rings (SSSR count). The quantitative estimate of drug-likeness (QED) is 0.274. The summed E-state index contributed by atoms with van der Waals surface area (Å²) in [6.45, 7) is 1.39. The third-order valence-electron chi connectivity index (χ3n) is 4.03. The van der Waals surface area contributed by atoms with E-state index < -0.39 is 0 Å². The molecule has 0 aliphatic heterocycles. The third-order valence-corrected chi connectivity index (χ3v) is 4.03. The number of carbonyl (C=O) groups is 2. The number of hydrogen-bond donors (Lipinski definition) is 0. The van der Waals surface area contributed by atoms with Crippen LogP contribution in [0.2, 0.25) is 0 Å². The molecule has 0 unspecified atom stereocenters. The molecule has 0 heterocycles. The topological polar surface area (TPSA) is 52.6 Å². The van der Waals surface area contributed by atoms with Gasteiger partial charge in [0.05, 0.1) is 19.8 Å². The van der Waals surface area contributed by atoms with E-state index >= 15 is 0 Å². The standard InChI is InChI=1S/C20H19O4.C5H5.Fe/c1-14(21)17(12-15-6-4-5-7-15)18(22)10-8-16-9-11-19(23-2)20(13-16)24-3;1-2-4-5-3-1;/h4-13H,1-3H3;1-5H;/q;;+2/b10-8+,17-12-;;. The normalized spacial score (nSPS) is 16.6. The van der Waals surface area contributed by atoms with E-state index in [2.05, 4.69) is 0 Å². The summed E-state index contributed by atoms with van der Waals surface area (Å²) in [7, 11) is 3.11. The minimum absolute atomic E-state index is 0. The number of methoxy groups -OCH3 is 2. The van der Waals surface area contributed by atoms with Crippen molar-refractivity contribution in [1.82, 2.24) is 0 Å². The molecule has 0 aromatic heterocycles. The molecule has 2 fully saturated rings. The Labute approximate surface area is 191 Å². The minimum Gasteiger partial charge on any atom is -0.493 e. The molecular weight excluding hydrogens is 420 g/mol. The van der Waals surface area contributed by atoms with Crippen molar-refractivity contribution in [2.75, 3.05) is 14.2 Å². The Morgan fingerprint density at radius 2 is 1.40 bits per heavy atom. The van der Waals surface area contributed by atoms with Gasteiger partial charge in [0.15, 0.2) is 23.1 Å². The largest absolute Gasteiger partial charge is 2.00 e. The first-order chi connectivity index (χ1) is 14.0. The van der Waals surface area contributed by atoms with E-state index in [9.17, 15) is 9.59 Å². The molecule has 1 aromatic carbocycles. The summed E-state index contributed by atoms with van der Waals surface area (Å²) in [5.41, 5.74) is 0.926. The van der Waals surface area contributed by atoms with Gasteiger partial charge in [0.2, 0.25) is 0 Å². The zero-order valence-electron chi connectivity index (χ0n) is 17.1. The van der Waals surface area contributed by atoms with Gasteiger partial charge in [-0.2, -0.15) is 0 Å². The number of rotatable bonds is 7. The second-order valence-electron chi connectivity index (χ2n) is 6.11. The second kappa shape index (κ2) is 14.2. The predicted octanol–water partition coefficient (Wildman–Crippen LogP) is 4.23. The number of allylic oxidation sites excluding steroid dienone is 3. The van der Waals surface area contributed by atoms with Crippen molar-refractivity contribution in [3.63, 3.8) is 0 Å². The van der Waals surface area contributed by atoms with Crippen LogP contribution in [0.15, 0.2) is 35.9 Å². The third kappa shape index (κ3) is 8.49. The van der Waals surface area contributed by atoms with Crippen LogP contribution in [-0.4, -0.2) is 25.8 Å². The zero-order valence-corrected chi connectivity index (χ0v) is 18.3. The van der Waals surface area contributed by atoms with E-state index in [0.29, 0.717) is 11.5 Å². The van der Waals surface area contributed by atoms with Gasteiger partial charge in [-0.15, -0.1) is 0 Å². The zero-order chi connectivity index (χ0) is 21.1. The van der Waals surface area contributed by atoms with E-state index in [1.807, 2.05) is 57.8 Å². The van der Waals surface area contributed by atoms with Crippen LogP contribution in [-0.2, 0) is 26.7 Å². The molecule has 2 aliphatic carbocycles. The van der Waals surface area contributed by atoms with Gasteiger partial charge in [0.25, 0.3) is 0 Å². The molecule has 154 valence electrons. The molecule has 1 aromatic rings. The second-order valence-corrected chi connectivity index (χ2v) is 6.11. The van der Waals surface area contributed by atoms with Crippen molar-refractivity contribution in [3.05, 3.63) is 105 Å². The van der Waals surface area contributed by atoms with Gasteiger partial charge in [-0.05, 0) is 88.5 Å². The van der Waals surface area contributed by atoms with Crippen LogP contribution < -0.4 is 9.47 Å². The van der Waals surface area contributed by atoms with Gasteiger partial charge in [0.1, 0.15) is 0 Å². The molecule has 0 amide bonds. The van der Waals surface area contributed by atoms with Crippen LogP contribution in [0.1, 0.15) is 12.5 Å². The number of ketones is 2. The van der Waals surface area contributed by atoms with Gasteiger partial charge in [-0.3, -0.25) is 9.59 Å². The molecule has 0 bridgehead atoms. The number of carbonyl (C=O) groups excluding carboxylic acids is 2. The minimum atomic E-state index is -0.335. The fourth-order valence-electron chi connectivity index (χ4n) is 2.54. The van der Waals surface area contributed by atoms with Crippen molar-refractivity contribution < 1.29 is 36.1 Å². The molecule has 10 radical (unpaired) electrons. The molecule has 0 N–H and O–H groups in total. The average Bonchev–Trinajstić information content (AvgIpc) is 3.46. The Balaban J connectivity index is 0.000000655. The van der Waals surface area contributed by atoms with Gasteiger partial charge >= 0.3 is 17.1 Å². The Hall–Kier alpha value is -1.84. The SMILES string of the molecule is COc1ccc(/C=C/C(=O)/C(=C\[C]2[CH][CH][CH][CH]2)C(C)=O)cc1OC.[CH]1[CH][CH][CH][CH]1.[Fe+2]. The van der Waals surface area contributed by atoms with Gasteiger partial charge in [0, 0.05) is 5.92 Å². The summed E-state index contributed by atoms with van der Waals surface area (Å²) < 4.78 is 10.4. The van der Waals surface area contributed by atoms with Crippen LogP contribution >= 0.6 is 0 Å². The maximum Gasteiger partial charge on any atom is 2.00 e. The summed E-state index contributed by atoms with van der Waals surface area (Å²) in [5, 5.41) is 0. The number of ether oxygens (including phenoxy) is 2. The van der Waals surface area contributed by atoms with Crippen molar-refractivity contribution in [2.24, 2.45) is 0 Å². The molecule has 5 heteroatoms. The smallest absolute Gasteiger partial charge is 0.493 e. The van der Waals surface area contributed by atoms with E-state index in [4.69, 9.17) is 9.47 Å². The first kappa shape index (κ1) is 26.2. The number of benzene rings is 1. The van der Waals surface area contributed by atoms with Crippen LogP contribution in [0, 0.1) is 63.7 Å². The fourth-order valence-corrected chi connectivity index (χ4v) is 2.54. The van der Waals surface area contributed by atoms with Crippen molar-refractivity contribution in [3.8, 4) is 11.5 Å². The summed E-state index contributed by atoms with van der Waals surface area (Å²) in [5.74, 6) is 1.41. The number of hydrogen-bond acceptors (Lipinski definition) is 4. The van der Waals surface area contributed by atoms with Crippen molar-refractivity contribution in [1.29, 1.82) is 0 Å².